The molecule has 3 aliphatic rings. The van der Waals surface area contributed by atoms with Crippen LogP contribution in [-0.2, 0) is 14.2 Å². The molecule has 0 spiro atoms. The van der Waals surface area contributed by atoms with E-state index in [0.717, 1.165) is 32.3 Å². The van der Waals surface area contributed by atoms with E-state index in [4.69, 9.17) is 14.2 Å². The summed E-state index contributed by atoms with van der Waals surface area (Å²) in [6.07, 6.45) is 1.24. The Morgan fingerprint density at radius 1 is 1.07 bits per heavy atom. The van der Waals surface area contributed by atoms with Crippen molar-refractivity contribution in [1.29, 1.82) is 0 Å². The van der Waals surface area contributed by atoms with Gasteiger partial charge in [0.1, 0.15) is 0 Å². The molecule has 86 valence electrons. The first kappa shape index (κ1) is 10.1. The molecule has 0 amide bonds. The first-order chi connectivity index (χ1) is 7.21. The lowest BCUT2D eigenvalue weighted by Crippen LogP contribution is -2.61. The summed E-state index contributed by atoms with van der Waals surface area (Å²) >= 11 is 0. The Morgan fingerprint density at radius 3 is 2.53 bits per heavy atom. The van der Waals surface area contributed by atoms with Crippen molar-refractivity contribution in [3.63, 3.8) is 0 Å². The van der Waals surface area contributed by atoms with Crippen LogP contribution in [0, 0.1) is 23.2 Å². The van der Waals surface area contributed by atoms with Crippen LogP contribution in [0.1, 0.15) is 20.3 Å². The minimum atomic E-state index is 0.0305. The van der Waals surface area contributed by atoms with Crippen molar-refractivity contribution in [3.8, 4) is 0 Å². The monoisotopic (exact) mass is 212 g/mol. The van der Waals surface area contributed by atoms with Gasteiger partial charge in [-0.3, -0.25) is 0 Å². The van der Waals surface area contributed by atoms with Gasteiger partial charge in [0.25, 0.3) is 0 Å². The predicted octanol–water partition coefficient (Wildman–Crippen LogP) is 1.67. The molecule has 1 saturated carbocycles. The van der Waals surface area contributed by atoms with E-state index in [1.165, 1.54) is 6.42 Å². The van der Waals surface area contributed by atoms with Gasteiger partial charge in [0.05, 0.1) is 19.8 Å². The van der Waals surface area contributed by atoms with Gasteiger partial charge in [0.15, 0.2) is 6.29 Å². The zero-order valence-corrected chi connectivity index (χ0v) is 9.57. The quantitative estimate of drug-likeness (QED) is 0.661. The lowest BCUT2D eigenvalue weighted by atomic mass is 9.47. The Labute approximate surface area is 91.1 Å². The number of rotatable bonds is 1. The molecule has 0 aromatic rings. The molecule has 0 radical (unpaired) electrons. The standard InChI is InChI=1S/C12H20O3/c1-12(2)9-3-4-13-7-8(9)10(12)11-14-5-6-15-11/h8-11H,3-7H2,1-2H3/t8-,9+,10-/m0/s1. The fourth-order valence-electron chi connectivity index (χ4n) is 3.85. The lowest BCUT2D eigenvalue weighted by molar-refractivity contribution is -0.250. The van der Waals surface area contributed by atoms with Gasteiger partial charge in [-0.05, 0) is 23.7 Å². The number of hydrogen-bond acceptors (Lipinski definition) is 3. The largest absolute Gasteiger partial charge is 0.381 e. The molecular weight excluding hydrogens is 192 g/mol. The summed E-state index contributed by atoms with van der Waals surface area (Å²) in [7, 11) is 0. The maximum absolute atomic E-state index is 5.66. The maximum Gasteiger partial charge on any atom is 0.161 e. The van der Waals surface area contributed by atoms with Gasteiger partial charge < -0.3 is 14.2 Å². The minimum absolute atomic E-state index is 0.0305. The van der Waals surface area contributed by atoms with Crippen LogP contribution in [0.4, 0.5) is 0 Å². The molecule has 0 unspecified atom stereocenters. The first-order valence-corrected chi connectivity index (χ1v) is 6.02. The number of ether oxygens (including phenoxy) is 3. The van der Waals surface area contributed by atoms with Crippen molar-refractivity contribution in [1.82, 2.24) is 0 Å². The molecule has 2 heterocycles. The van der Waals surface area contributed by atoms with Crippen LogP contribution in [0.2, 0.25) is 0 Å². The van der Waals surface area contributed by atoms with Crippen LogP contribution in [0.5, 0.6) is 0 Å². The van der Waals surface area contributed by atoms with E-state index >= 15 is 0 Å². The van der Waals surface area contributed by atoms with Crippen LogP contribution >= 0.6 is 0 Å². The second-order valence-corrected chi connectivity index (χ2v) is 5.59. The number of hydrogen-bond donors (Lipinski definition) is 0. The van der Waals surface area contributed by atoms with E-state index in [1.54, 1.807) is 0 Å². The molecule has 2 saturated heterocycles. The van der Waals surface area contributed by atoms with E-state index in [9.17, 15) is 0 Å². The zero-order chi connectivity index (χ0) is 10.5. The fourth-order valence-corrected chi connectivity index (χ4v) is 3.85. The fraction of sp³-hybridized carbons (Fsp3) is 1.00. The Morgan fingerprint density at radius 2 is 1.80 bits per heavy atom. The van der Waals surface area contributed by atoms with E-state index in [2.05, 4.69) is 13.8 Å². The Balaban J connectivity index is 1.76. The van der Waals surface area contributed by atoms with Crippen molar-refractivity contribution in [2.75, 3.05) is 26.4 Å². The summed E-state index contributed by atoms with van der Waals surface area (Å²) in [6, 6.07) is 0. The van der Waals surface area contributed by atoms with Gasteiger partial charge in [-0.15, -0.1) is 0 Å². The molecule has 0 aromatic carbocycles. The van der Waals surface area contributed by atoms with Crippen LogP contribution in [0.15, 0.2) is 0 Å². The highest BCUT2D eigenvalue weighted by atomic mass is 16.7. The third kappa shape index (κ3) is 1.37. The zero-order valence-electron chi connectivity index (χ0n) is 9.57. The molecule has 1 aliphatic carbocycles. The van der Waals surface area contributed by atoms with Gasteiger partial charge in [-0.2, -0.15) is 0 Å². The van der Waals surface area contributed by atoms with Crippen molar-refractivity contribution in [2.24, 2.45) is 23.2 Å². The highest BCUT2D eigenvalue weighted by molar-refractivity contribution is 5.05. The minimum Gasteiger partial charge on any atom is -0.381 e. The topological polar surface area (TPSA) is 27.7 Å². The highest BCUT2D eigenvalue weighted by Gasteiger charge is 2.60. The van der Waals surface area contributed by atoms with Crippen molar-refractivity contribution >= 4 is 0 Å². The molecule has 3 rings (SSSR count). The second-order valence-electron chi connectivity index (χ2n) is 5.59. The summed E-state index contributed by atoms with van der Waals surface area (Å²) in [4.78, 5) is 0. The molecule has 3 atom stereocenters. The SMILES string of the molecule is CC1(C)[C@@H]2CCOC[C@@H]2[C@H]1C1OCCO1. The van der Waals surface area contributed by atoms with Gasteiger partial charge in [0.2, 0.25) is 0 Å². The first-order valence-electron chi connectivity index (χ1n) is 6.02. The van der Waals surface area contributed by atoms with Gasteiger partial charge in [0, 0.05) is 12.5 Å². The molecular formula is C12H20O3. The Kier molecular flexibility index (Phi) is 2.31. The normalized spacial score (nSPS) is 44.8. The summed E-state index contributed by atoms with van der Waals surface area (Å²) in [5.74, 6) is 2.01. The lowest BCUT2D eigenvalue weighted by Gasteiger charge is -2.61. The molecule has 2 aliphatic heterocycles. The van der Waals surface area contributed by atoms with Crippen LogP contribution in [0.3, 0.4) is 0 Å². The van der Waals surface area contributed by atoms with E-state index in [-0.39, 0.29) is 6.29 Å². The van der Waals surface area contributed by atoms with Crippen molar-refractivity contribution in [2.45, 2.75) is 26.6 Å². The third-order valence-electron chi connectivity index (χ3n) is 4.62. The van der Waals surface area contributed by atoms with Crippen LogP contribution in [0.25, 0.3) is 0 Å². The molecule has 0 aromatic heterocycles. The predicted molar refractivity (Wildman–Crippen MR) is 55.4 cm³/mol. The highest BCUT2D eigenvalue weighted by Crippen LogP contribution is 2.60. The second kappa shape index (κ2) is 3.44. The average molecular weight is 212 g/mol. The summed E-state index contributed by atoms with van der Waals surface area (Å²) in [5, 5.41) is 0. The van der Waals surface area contributed by atoms with Gasteiger partial charge in [-0.1, -0.05) is 13.8 Å². The smallest absolute Gasteiger partial charge is 0.161 e. The maximum atomic E-state index is 5.66. The Bertz CT molecular complexity index is 245. The van der Waals surface area contributed by atoms with Gasteiger partial charge in [-0.25, -0.2) is 0 Å². The third-order valence-corrected chi connectivity index (χ3v) is 4.62. The molecule has 3 nitrogen and oxygen atoms in total. The Hall–Kier alpha value is -0.120. The van der Waals surface area contributed by atoms with E-state index in [0.29, 0.717) is 17.3 Å². The van der Waals surface area contributed by atoms with E-state index < -0.39 is 0 Å². The van der Waals surface area contributed by atoms with E-state index in [1.807, 2.05) is 0 Å². The van der Waals surface area contributed by atoms with Gasteiger partial charge >= 0.3 is 0 Å². The van der Waals surface area contributed by atoms with Crippen molar-refractivity contribution in [3.05, 3.63) is 0 Å². The van der Waals surface area contributed by atoms with Crippen LogP contribution in [-0.4, -0.2) is 32.7 Å². The molecule has 3 heteroatoms. The molecule has 0 N–H and O–H groups in total. The van der Waals surface area contributed by atoms with Crippen molar-refractivity contribution < 1.29 is 14.2 Å². The molecule has 15 heavy (non-hydrogen) atoms. The van der Waals surface area contributed by atoms with Crippen LogP contribution < -0.4 is 0 Å². The summed E-state index contributed by atoms with van der Waals surface area (Å²) < 4.78 is 16.9. The molecule has 3 fully saturated rings. The summed E-state index contributed by atoms with van der Waals surface area (Å²) in [6.45, 7) is 8.07. The number of fused-ring (bicyclic) bond motifs is 1. The average Bonchev–Trinajstić information content (AvgIpc) is 2.71. The summed E-state index contributed by atoms with van der Waals surface area (Å²) in [5.41, 5.74) is 0.365. The molecule has 0 bridgehead atoms.